The van der Waals surface area contributed by atoms with E-state index in [2.05, 4.69) is 127 Å². The molecule has 0 spiro atoms. The summed E-state index contributed by atoms with van der Waals surface area (Å²) in [5.41, 5.74) is 5.43. The molecule has 1 aromatic heterocycles. The molecule has 0 saturated carbocycles. The minimum atomic E-state index is 1.11. The summed E-state index contributed by atoms with van der Waals surface area (Å²) >= 11 is 5.61. The van der Waals surface area contributed by atoms with Gasteiger partial charge in [-0.2, -0.15) is 4.57 Å². The highest BCUT2D eigenvalue weighted by molar-refractivity contribution is 8.03. The first-order valence-electron chi connectivity index (χ1n) is 12.6. The number of nitrogens with zero attached hydrogens (tertiary/aromatic N) is 2. The number of hydrogen-bond acceptors (Lipinski definition) is 4. The van der Waals surface area contributed by atoms with E-state index in [0.29, 0.717) is 0 Å². The summed E-state index contributed by atoms with van der Waals surface area (Å²) in [6, 6.07) is 28.1. The minimum absolute atomic E-state index is 1.11. The predicted octanol–water partition coefficient (Wildman–Crippen LogP) is 8.98. The van der Waals surface area contributed by atoms with Crippen molar-refractivity contribution in [3.05, 3.63) is 123 Å². The molecule has 0 atom stereocenters. The maximum Gasteiger partial charge on any atom is 0.262 e. The van der Waals surface area contributed by atoms with Gasteiger partial charge in [0.05, 0.1) is 10.7 Å². The lowest BCUT2D eigenvalue weighted by atomic mass is 9.94. The van der Waals surface area contributed by atoms with Crippen molar-refractivity contribution in [2.24, 2.45) is 7.05 Å². The molecule has 0 N–H and O–H groups in total. The van der Waals surface area contributed by atoms with E-state index in [-0.39, 0.29) is 0 Å². The molecule has 0 fully saturated rings. The number of hydrogen-bond donors (Lipinski definition) is 0. The quantitative estimate of drug-likeness (QED) is 0.235. The largest absolute Gasteiger partial charge is 0.338 e. The molecule has 0 amide bonds. The lowest BCUT2D eigenvalue weighted by Crippen LogP contribution is -2.28. The SMILES string of the molecule is CN1C(=CC=C2CCCC(C=Cc3sc4ccccc4[n+]3C)=C2Sc2ccccc2)Sc2ccccc21. The van der Waals surface area contributed by atoms with Crippen LogP contribution in [0.5, 0.6) is 0 Å². The summed E-state index contributed by atoms with van der Waals surface area (Å²) in [4.78, 5) is 6.32. The Morgan fingerprint density at radius 1 is 0.865 bits per heavy atom. The van der Waals surface area contributed by atoms with Crippen molar-refractivity contribution in [1.82, 2.24) is 0 Å². The standard InChI is InChI=1S/C32H29N2S3/c1-33-26-15-6-8-17-28(26)36-30(33)21-19-23-11-10-12-24(32(23)35-25-13-4-3-5-14-25)20-22-31-34(2)27-16-7-9-18-29(27)37-31/h3-9,13-22H,10-12H2,1-2H3/q+1. The van der Waals surface area contributed by atoms with Crippen LogP contribution in [-0.4, -0.2) is 7.05 Å². The monoisotopic (exact) mass is 537 g/mol. The Bertz CT molecular complexity index is 1570. The number of para-hydroxylation sites is 2. The molecule has 0 bridgehead atoms. The third kappa shape index (κ3) is 5.08. The van der Waals surface area contributed by atoms with Crippen LogP contribution in [0.4, 0.5) is 5.69 Å². The first-order valence-corrected chi connectivity index (χ1v) is 15.1. The number of thioether (sulfide) groups is 2. The van der Waals surface area contributed by atoms with Gasteiger partial charge in [0, 0.05) is 33.9 Å². The second-order valence-electron chi connectivity index (χ2n) is 9.25. The van der Waals surface area contributed by atoms with Gasteiger partial charge in [-0.05, 0) is 66.8 Å². The van der Waals surface area contributed by atoms with Gasteiger partial charge >= 0.3 is 0 Å². The molecule has 6 rings (SSSR count). The van der Waals surface area contributed by atoms with Gasteiger partial charge in [0.15, 0.2) is 0 Å². The molecule has 0 unspecified atom stereocenters. The lowest BCUT2D eigenvalue weighted by Gasteiger charge is -2.21. The molecule has 3 aromatic carbocycles. The van der Waals surface area contributed by atoms with Crippen molar-refractivity contribution in [1.29, 1.82) is 0 Å². The van der Waals surface area contributed by atoms with Crippen molar-refractivity contribution in [3.8, 4) is 0 Å². The smallest absolute Gasteiger partial charge is 0.262 e. The van der Waals surface area contributed by atoms with E-state index >= 15 is 0 Å². The fraction of sp³-hybridized carbons (Fsp3) is 0.156. The van der Waals surface area contributed by atoms with E-state index in [1.807, 2.05) is 34.9 Å². The van der Waals surface area contributed by atoms with Gasteiger partial charge in [-0.25, -0.2) is 0 Å². The van der Waals surface area contributed by atoms with Crippen molar-refractivity contribution < 1.29 is 4.57 Å². The second-order valence-corrected chi connectivity index (χ2v) is 12.5. The molecule has 1 aliphatic heterocycles. The Hall–Kier alpha value is -2.99. The molecule has 0 saturated heterocycles. The van der Waals surface area contributed by atoms with Gasteiger partial charge in [0.2, 0.25) is 5.52 Å². The van der Waals surface area contributed by atoms with E-state index in [4.69, 9.17) is 0 Å². The van der Waals surface area contributed by atoms with Crippen molar-refractivity contribution >= 4 is 56.8 Å². The van der Waals surface area contributed by atoms with Crippen molar-refractivity contribution in [2.45, 2.75) is 29.1 Å². The number of rotatable bonds is 5. The van der Waals surface area contributed by atoms with Gasteiger partial charge < -0.3 is 4.90 Å². The Balaban J connectivity index is 1.37. The normalized spacial score (nSPS) is 18.1. The number of fused-ring (bicyclic) bond motifs is 2. The summed E-state index contributed by atoms with van der Waals surface area (Å²) in [5.74, 6) is 0. The summed E-state index contributed by atoms with van der Waals surface area (Å²) in [6.45, 7) is 0. The Morgan fingerprint density at radius 3 is 2.49 bits per heavy atom. The molecule has 0 radical (unpaired) electrons. The molecule has 2 aliphatic rings. The van der Waals surface area contributed by atoms with Gasteiger partial charge in [0.25, 0.3) is 5.01 Å². The maximum atomic E-state index is 2.36. The van der Waals surface area contributed by atoms with Gasteiger partial charge in [-0.15, -0.1) is 0 Å². The Morgan fingerprint density at radius 2 is 1.65 bits per heavy atom. The first-order chi connectivity index (χ1) is 18.2. The molecule has 4 aromatic rings. The summed E-state index contributed by atoms with van der Waals surface area (Å²) in [7, 11) is 4.33. The van der Waals surface area contributed by atoms with Gasteiger partial charge in [0.1, 0.15) is 11.7 Å². The average Bonchev–Trinajstić information content (AvgIpc) is 3.44. The van der Waals surface area contributed by atoms with E-state index in [1.54, 1.807) is 0 Å². The van der Waals surface area contributed by atoms with Crippen molar-refractivity contribution in [2.75, 3.05) is 11.9 Å². The van der Waals surface area contributed by atoms with Crippen LogP contribution in [0.3, 0.4) is 0 Å². The van der Waals surface area contributed by atoms with E-state index < -0.39 is 0 Å². The zero-order valence-corrected chi connectivity index (χ0v) is 23.5. The zero-order valence-electron chi connectivity index (χ0n) is 21.1. The molecule has 1 aliphatic carbocycles. The van der Waals surface area contributed by atoms with Crippen LogP contribution in [0, 0.1) is 0 Å². The lowest BCUT2D eigenvalue weighted by molar-refractivity contribution is -0.642. The van der Waals surface area contributed by atoms with Gasteiger partial charge in [-0.3, -0.25) is 0 Å². The third-order valence-electron chi connectivity index (χ3n) is 6.84. The molecule has 37 heavy (non-hydrogen) atoms. The minimum Gasteiger partial charge on any atom is -0.338 e. The summed E-state index contributed by atoms with van der Waals surface area (Å²) in [5, 5.41) is 2.55. The van der Waals surface area contributed by atoms with Crippen LogP contribution in [0.2, 0.25) is 0 Å². The van der Waals surface area contributed by atoms with Crippen LogP contribution < -0.4 is 9.47 Å². The Labute approximate surface area is 231 Å². The molecular formula is C32H29N2S3+. The highest BCUT2D eigenvalue weighted by Gasteiger charge is 2.22. The predicted molar refractivity (Wildman–Crippen MR) is 162 cm³/mol. The molecule has 184 valence electrons. The summed E-state index contributed by atoms with van der Waals surface area (Å²) < 4.78 is 3.63. The van der Waals surface area contributed by atoms with Gasteiger partial charge in [-0.1, -0.05) is 89.5 Å². The van der Waals surface area contributed by atoms with E-state index in [1.165, 1.54) is 58.2 Å². The highest BCUT2D eigenvalue weighted by atomic mass is 32.2. The maximum absolute atomic E-state index is 2.36. The first kappa shape index (κ1) is 24.4. The fourth-order valence-electron chi connectivity index (χ4n) is 4.83. The number of aromatic nitrogens is 1. The average molecular weight is 538 g/mol. The van der Waals surface area contributed by atoms with E-state index in [0.717, 1.165) is 12.8 Å². The molecule has 2 nitrogen and oxygen atoms in total. The number of benzene rings is 3. The van der Waals surface area contributed by atoms with Crippen LogP contribution >= 0.6 is 34.9 Å². The van der Waals surface area contributed by atoms with Crippen LogP contribution in [0.25, 0.3) is 16.3 Å². The Kier molecular flexibility index (Phi) is 7.10. The number of allylic oxidation sites excluding steroid dienone is 5. The van der Waals surface area contributed by atoms with Crippen LogP contribution in [-0.2, 0) is 7.05 Å². The zero-order chi connectivity index (χ0) is 25.2. The number of aryl methyl sites for hydroxylation is 1. The number of thiazole rings is 1. The van der Waals surface area contributed by atoms with E-state index in [9.17, 15) is 0 Å². The second kappa shape index (κ2) is 10.8. The molecule has 5 heteroatoms. The van der Waals surface area contributed by atoms with Crippen LogP contribution in [0.15, 0.2) is 128 Å². The molecule has 2 heterocycles. The number of anilines is 1. The summed E-state index contributed by atoms with van der Waals surface area (Å²) in [6.07, 6.45) is 12.7. The van der Waals surface area contributed by atoms with Crippen LogP contribution in [0.1, 0.15) is 24.3 Å². The third-order valence-corrected chi connectivity index (χ3v) is 10.4. The highest BCUT2D eigenvalue weighted by Crippen LogP contribution is 2.46. The van der Waals surface area contributed by atoms with Crippen molar-refractivity contribution in [3.63, 3.8) is 0 Å². The fourth-order valence-corrected chi connectivity index (χ4v) is 8.07. The topological polar surface area (TPSA) is 7.12 Å². The molecular weight excluding hydrogens is 509 g/mol.